The van der Waals surface area contributed by atoms with E-state index in [4.69, 9.17) is 0 Å². The molecule has 19 heavy (non-hydrogen) atoms. The van der Waals surface area contributed by atoms with E-state index in [1.54, 1.807) is 0 Å². The van der Waals surface area contributed by atoms with Crippen molar-refractivity contribution in [3.05, 3.63) is 35.9 Å². The van der Waals surface area contributed by atoms with Crippen LogP contribution < -0.4 is 0 Å². The number of nitrogens with zero attached hydrogens (tertiary/aromatic N) is 1. The van der Waals surface area contributed by atoms with Gasteiger partial charge in [0.2, 0.25) is 0 Å². The van der Waals surface area contributed by atoms with Crippen LogP contribution in [0.5, 0.6) is 0 Å². The number of piperidine rings is 1. The number of benzene rings is 1. The smallest absolute Gasteiger partial charge is 0.307 e. The maximum Gasteiger partial charge on any atom is 0.307 e. The fourth-order valence-corrected chi connectivity index (χ4v) is 2.90. The zero-order valence-electron chi connectivity index (χ0n) is 11.5. The van der Waals surface area contributed by atoms with E-state index in [9.17, 15) is 9.90 Å². The molecule has 0 aliphatic carbocycles. The largest absolute Gasteiger partial charge is 0.481 e. The molecule has 0 radical (unpaired) electrons. The van der Waals surface area contributed by atoms with Crippen LogP contribution in [-0.4, -0.2) is 29.1 Å². The second-order valence-electron chi connectivity index (χ2n) is 5.86. The van der Waals surface area contributed by atoms with Gasteiger partial charge in [0.25, 0.3) is 0 Å². The van der Waals surface area contributed by atoms with Gasteiger partial charge in [-0.25, -0.2) is 0 Å². The van der Waals surface area contributed by atoms with E-state index in [2.05, 4.69) is 30.9 Å². The van der Waals surface area contributed by atoms with Gasteiger partial charge in [0.15, 0.2) is 0 Å². The molecule has 0 amide bonds. The van der Waals surface area contributed by atoms with E-state index in [1.807, 2.05) is 18.2 Å². The van der Waals surface area contributed by atoms with Crippen molar-refractivity contribution in [3.8, 4) is 0 Å². The lowest BCUT2D eigenvalue weighted by atomic mass is 9.74. The topological polar surface area (TPSA) is 40.5 Å². The first-order valence-corrected chi connectivity index (χ1v) is 6.48. The van der Waals surface area contributed by atoms with Crippen molar-refractivity contribution in [2.45, 2.75) is 26.8 Å². The van der Waals surface area contributed by atoms with Gasteiger partial charge in [-0.15, -0.1) is 12.4 Å². The molecule has 1 aromatic carbocycles. The summed E-state index contributed by atoms with van der Waals surface area (Å²) < 4.78 is 0. The number of hydrogen-bond donors (Lipinski definition) is 1. The van der Waals surface area contributed by atoms with E-state index in [0.29, 0.717) is 0 Å². The number of carbonyl (C=O) groups is 1. The molecule has 0 bridgehead atoms. The summed E-state index contributed by atoms with van der Waals surface area (Å²) in [6.45, 7) is 6.75. The summed E-state index contributed by atoms with van der Waals surface area (Å²) in [6, 6.07) is 10.4. The van der Waals surface area contributed by atoms with Crippen LogP contribution in [0.3, 0.4) is 0 Å². The molecule has 0 spiro atoms. The molecule has 1 N–H and O–H groups in total. The summed E-state index contributed by atoms with van der Waals surface area (Å²) in [4.78, 5) is 13.6. The number of hydrogen-bond acceptors (Lipinski definition) is 2. The lowest BCUT2D eigenvalue weighted by Gasteiger charge is -2.42. The first-order chi connectivity index (χ1) is 8.49. The highest BCUT2D eigenvalue weighted by atomic mass is 35.5. The fourth-order valence-electron chi connectivity index (χ4n) is 2.90. The van der Waals surface area contributed by atoms with Crippen molar-refractivity contribution in [1.82, 2.24) is 4.90 Å². The van der Waals surface area contributed by atoms with Gasteiger partial charge >= 0.3 is 5.97 Å². The monoisotopic (exact) mass is 283 g/mol. The molecule has 1 aromatic rings. The Balaban J connectivity index is 0.00000180. The maximum absolute atomic E-state index is 11.2. The molecule has 4 heteroatoms. The summed E-state index contributed by atoms with van der Waals surface area (Å²) in [5.41, 5.74) is 1.14. The van der Waals surface area contributed by atoms with Gasteiger partial charge < -0.3 is 5.11 Å². The third-order valence-corrected chi connectivity index (χ3v) is 3.86. The third-order valence-electron chi connectivity index (χ3n) is 3.86. The molecule has 1 unspecified atom stereocenters. The average molecular weight is 284 g/mol. The van der Waals surface area contributed by atoms with E-state index in [-0.39, 0.29) is 23.7 Å². The van der Waals surface area contributed by atoms with Gasteiger partial charge in [0, 0.05) is 13.1 Å². The number of halogens is 1. The van der Waals surface area contributed by atoms with Crippen LogP contribution in [0.25, 0.3) is 0 Å². The lowest BCUT2D eigenvalue weighted by Crippen LogP contribution is -2.47. The van der Waals surface area contributed by atoms with Gasteiger partial charge in [-0.2, -0.15) is 0 Å². The molecule has 0 saturated carbocycles. The van der Waals surface area contributed by atoms with Crippen LogP contribution in [0.1, 0.15) is 25.8 Å². The minimum atomic E-state index is -0.653. The Hall–Kier alpha value is -1.06. The van der Waals surface area contributed by atoms with Crippen molar-refractivity contribution in [2.75, 3.05) is 13.1 Å². The van der Waals surface area contributed by atoms with Crippen LogP contribution >= 0.6 is 12.4 Å². The molecule has 106 valence electrons. The predicted octanol–water partition coefficient (Wildman–Crippen LogP) is 3.04. The number of rotatable bonds is 3. The Morgan fingerprint density at radius 2 is 2.00 bits per heavy atom. The summed E-state index contributed by atoms with van der Waals surface area (Å²) in [7, 11) is 0. The Bertz CT molecular complexity index is 419. The number of carboxylic acids is 1. The van der Waals surface area contributed by atoms with E-state index in [1.165, 1.54) is 5.56 Å². The molecule has 1 aliphatic heterocycles. The van der Waals surface area contributed by atoms with Gasteiger partial charge in [0.1, 0.15) is 0 Å². The summed E-state index contributed by atoms with van der Waals surface area (Å²) in [6.07, 6.45) is 0.745. The Kier molecular flexibility index (Phi) is 5.39. The Morgan fingerprint density at radius 1 is 1.37 bits per heavy atom. The van der Waals surface area contributed by atoms with Crippen molar-refractivity contribution in [2.24, 2.45) is 11.3 Å². The van der Waals surface area contributed by atoms with Crippen molar-refractivity contribution >= 4 is 18.4 Å². The summed E-state index contributed by atoms with van der Waals surface area (Å²) >= 11 is 0. The highest BCUT2D eigenvalue weighted by molar-refractivity contribution is 5.85. The highest BCUT2D eigenvalue weighted by Crippen LogP contribution is 2.35. The number of likely N-dealkylation sites (tertiary alicyclic amines) is 1. The summed E-state index contributed by atoms with van der Waals surface area (Å²) in [5, 5.41) is 9.23. The van der Waals surface area contributed by atoms with E-state index >= 15 is 0 Å². The van der Waals surface area contributed by atoms with Crippen molar-refractivity contribution in [3.63, 3.8) is 0 Å². The van der Waals surface area contributed by atoms with Gasteiger partial charge in [-0.1, -0.05) is 44.2 Å². The van der Waals surface area contributed by atoms with Crippen LogP contribution in [0, 0.1) is 11.3 Å². The normalized spacial score (nSPS) is 22.5. The maximum atomic E-state index is 11.2. The minimum Gasteiger partial charge on any atom is -0.481 e. The second-order valence-corrected chi connectivity index (χ2v) is 5.86. The zero-order valence-corrected chi connectivity index (χ0v) is 12.3. The Labute approximate surface area is 121 Å². The molecule has 1 heterocycles. The van der Waals surface area contributed by atoms with Crippen LogP contribution in [0.4, 0.5) is 0 Å². The third kappa shape index (κ3) is 3.95. The molecule has 1 saturated heterocycles. The van der Waals surface area contributed by atoms with Crippen molar-refractivity contribution < 1.29 is 9.90 Å². The standard InChI is InChI=1S/C15H21NO2.ClH/c1-15(2)11-16(9-8-13(15)14(17)18)10-12-6-4-3-5-7-12;/h3-7,13H,8-11H2,1-2H3,(H,17,18);1H. The molecule has 2 rings (SSSR count). The van der Waals surface area contributed by atoms with Gasteiger partial charge in [-0.05, 0) is 23.9 Å². The van der Waals surface area contributed by atoms with Gasteiger partial charge in [-0.3, -0.25) is 9.69 Å². The average Bonchev–Trinajstić information content (AvgIpc) is 2.28. The van der Waals surface area contributed by atoms with Crippen molar-refractivity contribution in [1.29, 1.82) is 0 Å². The molecule has 1 aliphatic rings. The molecule has 1 atom stereocenters. The van der Waals surface area contributed by atoms with Crippen LogP contribution in [0.2, 0.25) is 0 Å². The zero-order chi connectivity index (χ0) is 13.2. The predicted molar refractivity (Wildman–Crippen MR) is 78.5 cm³/mol. The van der Waals surface area contributed by atoms with Crippen LogP contribution in [-0.2, 0) is 11.3 Å². The second kappa shape index (κ2) is 6.40. The van der Waals surface area contributed by atoms with Gasteiger partial charge in [0.05, 0.1) is 5.92 Å². The van der Waals surface area contributed by atoms with E-state index in [0.717, 1.165) is 26.1 Å². The van der Waals surface area contributed by atoms with E-state index < -0.39 is 5.97 Å². The number of aliphatic carboxylic acids is 1. The molecule has 0 aromatic heterocycles. The summed E-state index contributed by atoms with van der Waals surface area (Å²) in [5.74, 6) is -0.871. The SMILES string of the molecule is CC1(C)CN(Cc2ccccc2)CCC1C(=O)O.Cl. The highest BCUT2D eigenvalue weighted by Gasteiger charge is 2.39. The minimum absolute atomic E-state index is 0. The molecule has 3 nitrogen and oxygen atoms in total. The Morgan fingerprint density at radius 3 is 2.53 bits per heavy atom. The molecule has 1 fully saturated rings. The van der Waals surface area contributed by atoms with Crippen LogP contribution in [0.15, 0.2) is 30.3 Å². The first-order valence-electron chi connectivity index (χ1n) is 6.48. The quantitative estimate of drug-likeness (QED) is 0.927. The molecular weight excluding hydrogens is 262 g/mol. The first kappa shape index (κ1) is 16.0. The fraction of sp³-hybridized carbons (Fsp3) is 0.533. The number of carboxylic acid groups (broad SMARTS) is 1. The lowest BCUT2D eigenvalue weighted by molar-refractivity contribution is -0.149. The molecular formula is C15H22ClNO2.